The van der Waals surface area contributed by atoms with Crippen LogP contribution in [0.25, 0.3) is 10.9 Å². The van der Waals surface area contributed by atoms with Gasteiger partial charge in [-0.2, -0.15) is 0 Å². The minimum atomic E-state index is -0.625. The summed E-state index contributed by atoms with van der Waals surface area (Å²) in [4.78, 5) is 24.9. The average molecular weight is 390 g/mol. The molecule has 0 saturated heterocycles. The molecule has 0 unspecified atom stereocenters. The maximum atomic E-state index is 15.0. The standard InChI is InChI=1S/C20H17ClFNO4/c1-11-14(10-17(24)27-3)18-15(8-9-16(26-2)19(18)22)23(11)20(25)12-4-6-13(21)7-5-12/h4-9H,10H2,1-3H3. The van der Waals surface area contributed by atoms with Crippen LogP contribution >= 0.6 is 11.6 Å². The van der Waals surface area contributed by atoms with E-state index >= 15 is 0 Å². The maximum absolute atomic E-state index is 15.0. The van der Waals surface area contributed by atoms with Gasteiger partial charge in [0.2, 0.25) is 0 Å². The van der Waals surface area contributed by atoms with Gasteiger partial charge in [0.1, 0.15) is 0 Å². The zero-order valence-electron chi connectivity index (χ0n) is 15.0. The van der Waals surface area contributed by atoms with E-state index < -0.39 is 11.8 Å². The van der Waals surface area contributed by atoms with E-state index in [1.165, 1.54) is 24.9 Å². The Labute approximate surface area is 160 Å². The van der Waals surface area contributed by atoms with E-state index in [1.807, 2.05) is 0 Å². The molecule has 0 bridgehead atoms. The molecule has 1 aromatic heterocycles. The molecule has 0 spiro atoms. The van der Waals surface area contributed by atoms with Gasteiger partial charge in [0.25, 0.3) is 5.91 Å². The fraction of sp³-hybridized carbons (Fsp3) is 0.200. The highest BCUT2D eigenvalue weighted by atomic mass is 35.5. The van der Waals surface area contributed by atoms with Crippen molar-refractivity contribution < 1.29 is 23.5 Å². The lowest BCUT2D eigenvalue weighted by molar-refractivity contribution is -0.139. The first-order valence-corrected chi connectivity index (χ1v) is 8.50. The second-order valence-corrected chi connectivity index (χ2v) is 6.38. The summed E-state index contributed by atoms with van der Waals surface area (Å²) in [7, 11) is 2.61. The van der Waals surface area contributed by atoms with Crippen LogP contribution in [0.3, 0.4) is 0 Å². The predicted octanol–water partition coefficient (Wildman–Crippen LogP) is 4.15. The molecule has 0 saturated carbocycles. The number of halogens is 2. The van der Waals surface area contributed by atoms with Crippen LogP contribution < -0.4 is 4.74 Å². The number of methoxy groups -OCH3 is 2. The van der Waals surface area contributed by atoms with Gasteiger partial charge in [-0.25, -0.2) is 4.39 Å². The second kappa shape index (κ2) is 7.40. The SMILES string of the molecule is COC(=O)Cc1c(C)n(C(=O)c2ccc(Cl)cc2)c2ccc(OC)c(F)c12. The predicted molar refractivity (Wildman–Crippen MR) is 100 cm³/mol. The van der Waals surface area contributed by atoms with Crippen molar-refractivity contribution in [1.82, 2.24) is 4.57 Å². The summed E-state index contributed by atoms with van der Waals surface area (Å²) in [6.45, 7) is 1.66. The van der Waals surface area contributed by atoms with Crippen LogP contribution in [0.1, 0.15) is 21.6 Å². The van der Waals surface area contributed by atoms with Crippen LogP contribution in [0.4, 0.5) is 4.39 Å². The Bertz CT molecular complexity index is 1040. The molecule has 0 amide bonds. The number of hydrogen-bond donors (Lipinski definition) is 0. The number of hydrogen-bond acceptors (Lipinski definition) is 4. The van der Waals surface area contributed by atoms with Crippen LogP contribution in [0, 0.1) is 12.7 Å². The first-order valence-electron chi connectivity index (χ1n) is 8.12. The quantitative estimate of drug-likeness (QED) is 0.629. The van der Waals surface area contributed by atoms with Crippen molar-refractivity contribution in [2.24, 2.45) is 0 Å². The largest absolute Gasteiger partial charge is 0.494 e. The monoisotopic (exact) mass is 389 g/mol. The van der Waals surface area contributed by atoms with Crippen molar-refractivity contribution in [3.63, 3.8) is 0 Å². The van der Waals surface area contributed by atoms with Gasteiger partial charge in [0.15, 0.2) is 11.6 Å². The van der Waals surface area contributed by atoms with Gasteiger partial charge in [-0.15, -0.1) is 0 Å². The third-order valence-corrected chi connectivity index (χ3v) is 4.71. The van der Waals surface area contributed by atoms with Crippen LogP contribution in [-0.2, 0) is 16.0 Å². The maximum Gasteiger partial charge on any atom is 0.310 e. The minimum Gasteiger partial charge on any atom is -0.494 e. The highest BCUT2D eigenvalue weighted by Crippen LogP contribution is 2.34. The van der Waals surface area contributed by atoms with Crippen LogP contribution in [0.5, 0.6) is 5.75 Å². The second-order valence-electron chi connectivity index (χ2n) is 5.94. The van der Waals surface area contributed by atoms with Gasteiger partial charge in [-0.3, -0.25) is 14.2 Å². The smallest absolute Gasteiger partial charge is 0.310 e. The van der Waals surface area contributed by atoms with E-state index in [0.29, 0.717) is 27.4 Å². The number of aromatic nitrogens is 1. The van der Waals surface area contributed by atoms with Gasteiger partial charge in [0.05, 0.1) is 26.2 Å². The number of carbonyl (C=O) groups is 2. The number of fused-ring (bicyclic) bond motifs is 1. The molecule has 27 heavy (non-hydrogen) atoms. The molecular weight excluding hydrogens is 373 g/mol. The summed E-state index contributed by atoms with van der Waals surface area (Å²) in [6, 6.07) is 9.44. The number of esters is 1. The van der Waals surface area contributed by atoms with E-state index in [2.05, 4.69) is 0 Å². The van der Waals surface area contributed by atoms with Crippen molar-refractivity contribution in [3.05, 3.63) is 64.1 Å². The summed E-state index contributed by atoms with van der Waals surface area (Å²) in [5.41, 5.74) is 1.59. The van der Waals surface area contributed by atoms with Crippen LogP contribution in [0.2, 0.25) is 5.02 Å². The lowest BCUT2D eigenvalue weighted by atomic mass is 10.1. The molecule has 0 aliphatic carbocycles. The fourth-order valence-electron chi connectivity index (χ4n) is 3.09. The molecule has 3 rings (SSSR count). The van der Waals surface area contributed by atoms with E-state index in [0.717, 1.165) is 0 Å². The summed E-state index contributed by atoms with van der Waals surface area (Å²) >= 11 is 5.89. The van der Waals surface area contributed by atoms with Crippen molar-refractivity contribution in [3.8, 4) is 5.75 Å². The highest BCUT2D eigenvalue weighted by Gasteiger charge is 2.25. The third kappa shape index (κ3) is 3.28. The average Bonchev–Trinajstić information content (AvgIpc) is 2.94. The number of ether oxygens (including phenoxy) is 2. The fourth-order valence-corrected chi connectivity index (χ4v) is 3.22. The molecule has 0 radical (unpaired) electrons. The van der Waals surface area contributed by atoms with Crippen LogP contribution in [0.15, 0.2) is 36.4 Å². The molecule has 0 atom stereocenters. The number of carbonyl (C=O) groups excluding carboxylic acids is 2. The van der Waals surface area contributed by atoms with Gasteiger partial charge < -0.3 is 9.47 Å². The molecular formula is C20H17ClFNO4. The summed E-state index contributed by atoms with van der Waals surface area (Å²) in [6.07, 6.45) is -0.163. The molecule has 2 aromatic carbocycles. The number of benzene rings is 2. The summed E-state index contributed by atoms with van der Waals surface area (Å²) in [5, 5.41) is 0.669. The van der Waals surface area contributed by atoms with E-state index in [-0.39, 0.29) is 23.5 Å². The molecule has 0 aliphatic rings. The molecule has 1 heterocycles. The van der Waals surface area contributed by atoms with Crippen molar-refractivity contribution in [2.75, 3.05) is 14.2 Å². The Hall–Kier alpha value is -2.86. The molecule has 0 N–H and O–H groups in total. The third-order valence-electron chi connectivity index (χ3n) is 4.46. The van der Waals surface area contributed by atoms with Gasteiger partial charge in [-0.05, 0) is 48.9 Å². The Morgan fingerprint density at radius 3 is 2.37 bits per heavy atom. The van der Waals surface area contributed by atoms with Gasteiger partial charge >= 0.3 is 5.97 Å². The molecule has 5 nitrogen and oxygen atoms in total. The zero-order chi connectivity index (χ0) is 19.7. The van der Waals surface area contributed by atoms with Gasteiger partial charge in [-0.1, -0.05) is 11.6 Å². The molecule has 0 aliphatic heterocycles. The Morgan fingerprint density at radius 2 is 1.78 bits per heavy atom. The number of rotatable bonds is 4. The summed E-state index contributed by atoms with van der Waals surface area (Å²) in [5.74, 6) is -1.47. The molecule has 140 valence electrons. The number of nitrogens with zero attached hydrogens (tertiary/aromatic N) is 1. The Kier molecular flexibility index (Phi) is 5.19. The Balaban J connectivity index is 2.28. The van der Waals surface area contributed by atoms with Crippen LogP contribution in [-0.4, -0.2) is 30.7 Å². The summed E-state index contributed by atoms with van der Waals surface area (Å²) < 4.78 is 26.1. The van der Waals surface area contributed by atoms with E-state index in [1.54, 1.807) is 37.3 Å². The molecule has 0 fully saturated rings. The zero-order valence-corrected chi connectivity index (χ0v) is 15.8. The lowest BCUT2D eigenvalue weighted by Gasteiger charge is -2.08. The first-order chi connectivity index (χ1) is 12.9. The van der Waals surface area contributed by atoms with Gasteiger partial charge in [0, 0.05) is 21.7 Å². The van der Waals surface area contributed by atoms with Crippen molar-refractivity contribution >= 4 is 34.4 Å². The van der Waals surface area contributed by atoms with E-state index in [4.69, 9.17) is 21.1 Å². The lowest BCUT2D eigenvalue weighted by Crippen LogP contribution is -2.14. The topological polar surface area (TPSA) is 57.5 Å². The normalized spacial score (nSPS) is 10.9. The first kappa shape index (κ1) is 18.9. The Morgan fingerprint density at radius 1 is 1.11 bits per heavy atom. The molecule has 7 heteroatoms. The minimum absolute atomic E-state index is 0.0321. The van der Waals surface area contributed by atoms with E-state index in [9.17, 15) is 14.0 Å². The van der Waals surface area contributed by atoms with Crippen molar-refractivity contribution in [1.29, 1.82) is 0 Å². The molecule has 3 aromatic rings. The van der Waals surface area contributed by atoms with Crippen molar-refractivity contribution in [2.45, 2.75) is 13.3 Å². The highest BCUT2D eigenvalue weighted by molar-refractivity contribution is 6.30.